The van der Waals surface area contributed by atoms with Gasteiger partial charge in [0.15, 0.2) is 0 Å². The first-order valence-corrected chi connectivity index (χ1v) is 11.0. The maximum atomic E-state index is 11.1. The molecule has 0 aliphatic heterocycles. The molecule has 0 amide bonds. The van der Waals surface area contributed by atoms with E-state index < -0.39 is 14.2 Å². The molecule has 0 radical (unpaired) electrons. The molecule has 0 bridgehead atoms. The van der Waals surface area contributed by atoms with E-state index in [1.807, 2.05) is 48.5 Å². The van der Waals surface area contributed by atoms with E-state index in [9.17, 15) is 5.11 Å². The predicted octanol–water partition coefficient (Wildman–Crippen LogP) is 4.25. The molecule has 0 unspecified atom stereocenters. The lowest BCUT2D eigenvalue weighted by molar-refractivity contribution is 0.160. The number of aliphatic hydroxyl groups excluding tert-OH is 1. The Bertz CT molecular complexity index is 721. The second-order valence-electron chi connectivity index (χ2n) is 6.44. The third-order valence-corrected chi connectivity index (χ3v) is 8.58. The molecule has 118 valence electrons. The molecule has 23 heavy (non-hydrogen) atoms. The highest BCUT2D eigenvalue weighted by atomic mass is 28.3. The summed E-state index contributed by atoms with van der Waals surface area (Å²) in [7, 11) is -2.00. The minimum atomic E-state index is -2.00. The summed E-state index contributed by atoms with van der Waals surface area (Å²) in [6.07, 6.45) is 1.11. The van der Waals surface area contributed by atoms with Gasteiger partial charge < -0.3 is 9.52 Å². The largest absolute Gasteiger partial charge is 0.469 e. The number of furan rings is 1. The average molecular weight is 322 g/mol. The highest BCUT2D eigenvalue weighted by molar-refractivity contribution is 6.91. The topological polar surface area (TPSA) is 33.4 Å². The van der Waals surface area contributed by atoms with Crippen molar-refractivity contribution < 1.29 is 9.52 Å². The van der Waals surface area contributed by atoms with E-state index in [2.05, 4.69) is 37.4 Å². The lowest BCUT2D eigenvalue weighted by atomic mass is 10.0. The third-order valence-electron chi connectivity index (χ3n) is 4.60. The first-order valence-electron chi connectivity index (χ1n) is 7.92. The van der Waals surface area contributed by atoms with Gasteiger partial charge in [-0.15, -0.1) is 0 Å². The zero-order chi connectivity index (χ0) is 16.3. The second-order valence-corrected chi connectivity index (χ2v) is 11.1. The van der Waals surface area contributed by atoms with E-state index >= 15 is 0 Å². The smallest absolute Gasteiger partial charge is 0.107 e. The van der Waals surface area contributed by atoms with Crippen molar-refractivity contribution in [2.75, 3.05) is 0 Å². The molecule has 0 saturated heterocycles. The first kappa shape index (κ1) is 15.8. The van der Waals surface area contributed by atoms with Crippen molar-refractivity contribution in [3.8, 4) is 0 Å². The number of benzene rings is 2. The minimum Gasteiger partial charge on any atom is -0.469 e. The molecule has 3 heteroatoms. The van der Waals surface area contributed by atoms with Gasteiger partial charge >= 0.3 is 0 Å². The van der Waals surface area contributed by atoms with Crippen LogP contribution in [0.1, 0.15) is 23.0 Å². The molecule has 1 aromatic heterocycles. The van der Waals surface area contributed by atoms with Gasteiger partial charge in [0.1, 0.15) is 5.76 Å². The van der Waals surface area contributed by atoms with Crippen LogP contribution in [-0.2, 0) is 0 Å². The van der Waals surface area contributed by atoms with Crippen molar-refractivity contribution in [1.29, 1.82) is 0 Å². The molecule has 0 saturated carbocycles. The Kier molecular flexibility index (Phi) is 4.50. The number of hydrogen-bond donors (Lipinski definition) is 1. The highest BCUT2D eigenvalue weighted by Gasteiger charge is 2.41. The van der Waals surface area contributed by atoms with Crippen LogP contribution in [0.15, 0.2) is 83.5 Å². The quantitative estimate of drug-likeness (QED) is 0.712. The van der Waals surface area contributed by atoms with E-state index in [-0.39, 0.29) is 5.54 Å². The van der Waals surface area contributed by atoms with Crippen LogP contribution in [0.3, 0.4) is 0 Å². The van der Waals surface area contributed by atoms with Crippen LogP contribution in [0.2, 0.25) is 13.1 Å². The molecule has 0 spiro atoms. The van der Waals surface area contributed by atoms with Gasteiger partial charge in [0.05, 0.1) is 20.4 Å². The Balaban J connectivity index is 2.07. The number of hydrogen-bond acceptors (Lipinski definition) is 2. The fourth-order valence-corrected chi connectivity index (χ4v) is 6.53. The minimum absolute atomic E-state index is 0.0395. The highest BCUT2D eigenvalue weighted by Crippen LogP contribution is 2.38. The Morgan fingerprint density at radius 2 is 1.43 bits per heavy atom. The van der Waals surface area contributed by atoms with Gasteiger partial charge in [-0.25, -0.2) is 0 Å². The molecule has 2 nitrogen and oxygen atoms in total. The van der Waals surface area contributed by atoms with E-state index in [1.165, 1.54) is 5.19 Å². The lowest BCUT2D eigenvalue weighted by Crippen LogP contribution is -2.49. The summed E-state index contributed by atoms with van der Waals surface area (Å²) in [6, 6.07) is 24.2. The molecule has 0 aliphatic carbocycles. The SMILES string of the molecule is C[Si](C)(c1ccccc1)[C@@H](c1ccco1)[C@H](O)c1ccccc1. The molecular formula is C20H22O2Si. The van der Waals surface area contributed by atoms with Crippen LogP contribution in [0.5, 0.6) is 0 Å². The van der Waals surface area contributed by atoms with E-state index in [0.717, 1.165) is 11.3 Å². The summed E-state index contributed by atoms with van der Waals surface area (Å²) in [5.74, 6) is 0.863. The first-order chi connectivity index (χ1) is 11.1. The monoisotopic (exact) mass is 322 g/mol. The lowest BCUT2D eigenvalue weighted by Gasteiger charge is -2.35. The van der Waals surface area contributed by atoms with Gasteiger partial charge in [-0.05, 0) is 17.7 Å². The molecule has 3 rings (SSSR count). The van der Waals surface area contributed by atoms with E-state index in [0.29, 0.717) is 0 Å². The number of rotatable bonds is 5. The number of aliphatic hydroxyl groups is 1. The molecule has 2 atom stereocenters. The van der Waals surface area contributed by atoms with Crippen LogP contribution in [0.4, 0.5) is 0 Å². The molecular weight excluding hydrogens is 300 g/mol. The zero-order valence-corrected chi connectivity index (χ0v) is 14.5. The van der Waals surface area contributed by atoms with Gasteiger partial charge in [-0.3, -0.25) is 0 Å². The van der Waals surface area contributed by atoms with E-state index in [1.54, 1.807) is 6.26 Å². The summed E-state index contributed by atoms with van der Waals surface area (Å²) in [4.78, 5) is 0. The standard InChI is InChI=1S/C20H22O2Si/c1-23(2,17-12-7-4-8-13-17)20(18-14-9-15-22-18)19(21)16-10-5-3-6-11-16/h3-15,19-21H,1-2H3/t19-,20+/m1/s1. The van der Waals surface area contributed by atoms with Crippen molar-refractivity contribution in [2.24, 2.45) is 0 Å². The summed E-state index contributed by atoms with van der Waals surface area (Å²) >= 11 is 0. The van der Waals surface area contributed by atoms with Crippen LogP contribution in [0, 0.1) is 0 Å². The Labute approximate surface area is 138 Å². The molecule has 3 aromatic rings. The summed E-state index contributed by atoms with van der Waals surface area (Å²) in [6.45, 7) is 4.59. The Morgan fingerprint density at radius 3 is 2.00 bits per heavy atom. The Morgan fingerprint density at radius 1 is 0.826 bits per heavy atom. The van der Waals surface area contributed by atoms with Crippen molar-refractivity contribution in [3.63, 3.8) is 0 Å². The second kappa shape index (κ2) is 6.57. The summed E-state index contributed by atoms with van der Waals surface area (Å²) in [5, 5.41) is 12.4. The maximum Gasteiger partial charge on any atom is 0.107 e. The van der Waals surface area contributed by atoms with Crippen molar-refractivity contribution in [3.05, 3.63) is 90.4 Å². The van der Waals surface area contributed by atoms with Crippen LogP contribution >= 0.6 is 0 Å². The van der Waals surface area contributed by atoms with Gasteiger partial charge in [-0.1, -0.05) is 78.9 Å². The Hall–Kier alpha value is -2.10. The summed E-state index contributed by atoms with van der Waals surface area (Å²) < 4.78 is 5.72. The predicted molar refractivity (Wildman–Crippen MR) is 96.4 cm³/mol. The normalized spacial score (nSPS) is 14.4. The van der Waals surface area contributed by atoms with Gasteiger partial charge in [0.25, 0.3) is 0 Å². The van der Waals surface area contributed by atoms with Crippen molar-refractivity contribution in [1.82, 2.24) is 0 Å². The van der Waals surface area contributed by atoms with Gasteiger partial charge in [0, 0.05) is 5.54 Å². The van der Waals surface area contributed by atoms with Crippen molar-refractivity contribution >= 4 is 13.3 Å². The van der Waals surface area contributed by atoms with Crippen LogP contribution < -0.4 is 5.19 Å². The average Bonchev–Trinajstić information content (AvgIpc) is 3.10. The molecule has 0 fully saturated rings. The van der Waals surface area contributed by atoms with E-state index in [4.69, 9.17) is 4.42 Å². The fourth-order valence-electron chi connectivity index (χ4n) is 3.26. The van der Waals surface area contributed by atoms with Gasteiger partial charge in [0.2, 0.25) is 0 Å². The summed E-state index contributed by atoms with van der Waals surface area (Å²) in [5.41, 5.74) is 0.896. The molecule has 1 N–H and O–H groups in total. The van der Waals surface area contributed by atoms with Crippen LogP contribution in [-0.4, -0.2) is 13.2 Å². The molecule has 1 heterocycles. The van der Waals surface area contributed by atoms with Crippen LogP contribution in [0.25, 0.3) is 0 Å². The van der Waals surface area contributed by atoms with Gasteiger partial charge in [-0.2, -0.15) is 0 Å². The molecule has 0 aliphatic rings. The molecule has 2 aromatic carbocycles. The maximum absolute atomic E-state index is 11.1. The third kappa shape index (κ3) is 3.16. The van der Waals surface area contributed by atoms with Crippen molar-refractivity contribution in [2.45, 2.75) is 24.7 Å². The fraction of sp³-hybridized carbons (Fsp3) is 0.200. The zero-order valence-electron chi connectivity index (χ0n) is 13.5.